The molecule has 0 saturated carbocycles. The van der Waals surface area contributed by atoms with E-state index in [-0.39, 0.29) is 24.7 Å². The van der Waals surface area contributed by atoms with Crippen LogP contribution in [0.2, 0.25) is 0 Å². The number of ether oxygens (including phenoxy) is 3. The van der Waals surface area contributed by atoms with Crippen molar-refractivity contribution >= 4 is 11.9 Å². The van der Waals surface area contributed by atoms with Crippen molar-refractivity contribution in [3.8, 4) is 0 Å². The molecule has 0 aliphatic heterocycles. The van der Waals surface area contributed by atoms with Crippen LogP contribution in [-0.4, -0.2) is 35.9 Å². The maximum atomic E-state index is 12.0. The van der Waals surface area contributed by atoms with Gasteiger partial charge < -0.3 is 19.3 Å². The molecule has 1 aliphatic rings. The van der Waals surface area contributed by atoms with Crippen LogP contribution in [0, 0.1) is 5.92 Å². The molecule has 0 heterocycles. The lowest BCUT2D eigenvalue weighted by molar-refractivity contribution is -0.165. The fourth-order valence-corrected chi connectivity index (χ4v) is 2.59. The van der Waals surface area contributed by atoms with Crippen molar-refractivity contribution < 1.29 is 28.9 Å². The Hall–Kier alpha value is -2.34. The van der Waals surface area contributed by atoms with E-state index < -0.39 is 23.5 Å². The molecule has 6 heteroatoms. The first-order valence-electron chi connectivity index (χ1n) is 7.76. The Morgan fingerprint density at radius 1 is 1.33 bits per heavy atom. The number of hydrogen-bond donors (Lipinski definition) is 1. The molecular formula is C18H24O6. The number of aliphatic carboxylic acids is 1. The van der Waals surface area contributed by atoms with Crippen LogP contribution >= 0.6 is 0 Å². The zero-order valence-corrected chi connectivity index (χ0v) is 14.1. The predicted octanol–water partition coefficient (Wildman–Crippen LogP) is 2.98. The van der Waals surface area contributed by atoms with Gasteiger partial charge in [-0.1, -0.05) is 32.1 Å². The summed E-state index contributed by atoms with van der Waals surface area (Å²) in [5.41, 5.74) is -1.61. The van der Waals surface area contributed by atoms with Gasteiger partial charge in [-0.15, -0.1) is 6.58 Å². The highest BCUT2D eigenvalue weighted by molar-refractivity contribution is 5.82. The molecule has 0 fully saturated rings. The third kappa shape index (κ3) is 4.35. The predicted molar refractivity (Wildman–Crippen MR) is 89.0 cm³/mol. The van der Waals surface area contributed by atoms with E-state index in [1.165, 1.54) is 31.2 Å². The first-order chi connectivity index (χ1) is 11.4. The summed E-state index contributed by atoms with van der Waals surface area (Å²) in [7, 11) is 0. The van der Waals surface area contributed by atoms with Gasteiger partial charge in [0.15, 0.2) is 11.4 Å². The molecule has 0 saturated heterocycles. The molecule has 0 aromatic heterocycles. The van der Waals surface area contributed by atoms with E-state index in [1.807, 2.05) is 6.92 Å². The molecule has 132 valence electrons. The van der Waals surface area contributed by atoms with Gasteiger partial charge in [0.2, 0.25) is 0 Å². The molecule has 0 amide bonds. The topological polar surface area (TPSA) is 82.1 Å². The second kappa shape index (κ2) is 9.08. The number of rotatable bonds is 10. The third-order valence-electron chi connectivity index (χ3n) is 3.52. The van der Waals surface area contributed by atoms with Crippen molar-refractivity contribution in [2.24, 2.45) is 5.92 Å². The summed E-state index contributed by atoms with van der Waals surface area (Å²) in [6.07, 6.45) is 7.00. The van der Waals surface area contributed by atoms with E-state index in [9.17, 15) is 14.7 Å². The molecule has 0 radical (unpaired) electrons. The largest absolute Gasteiger partial charge is 0.490 e. The van der Waals surface area contributed by atoms with Gasteiger partial charge in [0, 0.05) is 6.92 Å². The van der Waals surface area contributed by atoms with Crippen molar-refractivity contribution in [1.82, 2.24) is 0 Å². The molecule has 24 heavy (non-hydrogen) atoms. The zero-order valence-electron chi connectivity index (χ0n) is 14.1. The Labute approximate surface area is 142 Å². The lowest BCUT2D eigenvalue weighted by atomic mass is 9.78. The zero-order chi connectivity index (χ0) is 18.2. The molecular weight excluding hydrogens is 312 g/mol. The van der Waals surface area contributed by atoms with E-state index >= 15 is 0 Å². The highest BCUT2D eigenvalue weighted by Crippen LogP contribution is 2.40. The third-order valence-corrected chi connectivity index (χ3v) is 3.52. The Kier molecular flexibility index (Phi) is 7.45. The summed E-state index contributed by atoms with van der Waals surface area (Å²) in [6.45, 7) is 10.6. The summed E-state index contributed by atoms with van der Waals surface area (Å²) in [5.74, 6) is -1.82. The molecule has 1 aliphatic carbocycles. The van der Waals surface area contributed by atoms with Crippen molar-refractivity contribution in [2.75, 3.05) is 13.2 Å². The normalized spacial score (nSPS) is 22.8. The number of carbonyl (C=O) groups is 2. The summed E-state index contributed by atoms with van der Waals surface area (Å²) in [4.78, 5) is 23.3. The molecule has 0 aromatic carbocycles. The maximum absolute atomic E-state index is 12.0. The van der Waals surface area contributed by atoms with Crippen LogP contribution in [0.15, 0.2) is 49.0 Å². The van der Waals surface area contributed by atoms with Gasteiger partial charge >= 0.3 is 11.9 Å². The van der Waals surface area contributed by atoms with Crippen LogP contribution in [0.25, 0.3) is 0 Å². The minimum Gasteiger partial charge on any atom is -0.490 e. The second-order valence-electron chi connectivity index (χ2n) is 5.29. The van der Waals surface area contributed by atoms with Gasteiger partial charge in [0.1, 0.15) is 12.4 Å². The Morgan fingerprint density at radius 2 is 2.00 bits per heavy atom. The van der Waals surface area contributed by atoms with Gasteiger partial charge in [-0.05, 0) is 18.6 Å². The van der Waals surface area contributed by atoms with Crippen LogP contribution in [0.4, 0.5) is 0 Å². The van der Waals surface area contributed by atoms with Crippen LogP contribution in [0.1, 0.15) is 26.7 Å². The molecule has 0 spiro atoms. The summed E-state index contributed by atoms with van der Waals surface area (Å²) in [5, 5.41) is 9.81. The Morgan fingerprint density at radius 3 is 2.50 bits per heavy atom. The van der Waals surface area contributed by atoms with Crippen LogP contribution in [0.5, 0.6) is 0 Å². The SMILES string of the molecule is C=CCOC1=C(OC(C)=O)C=CC(OCC=C)(C(=O)O)C1CCC. The highest BCUT2D eigenvalue weighted by atomic mass is 16.6. The lowest BCUT2D eigenvalue weighted by Crippen LogP contribution is -2.49. The molecule has 2 atom stereocenters. The van der Waals surface area contributed by atoms with Gasteiger partial charge in [0.25, 0.3) is 0 Å². The molecule has 6 nitrogen and oxygen atoms in total. The minimum atomic E-state index is -1.61. The Bertz CT molecular complexity index is 560. The van der Waals surface area contributed by atoms with E-state index in [2.05, 4.69) is 13.2 Å². The summed E-state index contributed by atoms with van der Waals surface area (Å²) in [6, 6.07) is 0. The number of carboxylic acid groups (broad SMARTS) is 1. The van der Waals surface area contributed by atoms with Crippen LogP contribution < -0.4 is 0 Å². The standard InChI is InChI=1S/C18H24O6/c1-5-8-14-16(22-11-6-2)15(24-13(4)19)9-10-18(14,17(20)21)23-12-7-3/h6-7,9-10,14H,2-3,5,8,11-12H2,1,4H3,(H,20,21). The molecule has 0 bridgehead atoms. The number of carboxylic acids is 1. The monoisotopic (exact) mass is 336 g/mol. The minimum absolute atomic E-state index is 0.0640. The fourth-order valence-electron chi connectivity index (χ4n) is 2.59. The lowest BCUT2D eigenvalue weighted by Gasteiger charge is -2.38. The smallest absolute Gasteiger partial charge is 0.340 e. The molecule has 0 aromatic rings. The number of esters is 1. The van der Waals surface area contributed by atoms with E-state index in [0.29, 0.717) is 12.8 Å². The fraction of sp³-hybridized carbons (Fsp3) is 0.444. The van der Waals surface area contributed by atoms with E-state index in [4.69, 9.17) is 14.2 Å². The van der Waals surface area contributed by atoms with Crippen molar-refractivity contribution in [3.63, 3.8) is 0 Å². The van der Waals surface area contributed by atoms with Gasteiger partial charge in [-0.25, -0.2) is 4.79 Å². The summed E-state index contributed by atoms with van der Waals surface area (Å²) >= 11 is 0. The van der Waals surface area contributed by atoms with E-state index in [0.717, 1.165) is 0 Å². The average molecular weight is 336 g/mol. The first-order valence-corrected chi connectivity index (χ1v) is 7.76. The number of allylic oxidation sites excluding steroid dienone is 1. The molecule has 1 rings (SSSR count). The van der Waals surface area contributed by atoms with Gasteiger partial charge in [0.05, 0.1) is 12.5 Å². The highest BCUT2D eigenvalue weighted by Gasteiger charge is 2.50. The Balaban J connectivity index is 3.40. The molecule has 1 N–H and O–H groups in total. The quantitative estimate of drug-likeness (QED) is 0.488. The number of hydrogen-bond acceptors (Lipinski definition) is 5. The van der Waals surface area contributed by atoms with Gasteiger partial charge in [-0.2, -0.15) is 0 Å². The van der Waals surface area contributed by atoms with E-state index in [1.54, 1.807) is 0 Å². The number of carbonyl (C=O) groups excluding carboxylic acids is 1. The van der Waals surface area contributed by atoms with Crippen molar-refractivity contribution in [3.05, 3.63) is 49.0 Å². The maximum Gasteiger partial charge on any atom is 0.340 e. The van der Waals surface area contributed by atoms with Crippen LogP contribution in [-0.2, 0) is 23.8 Å². The summed E-state index contributed by atoms with van der Waals surface area (Å²) < 4.78 is 16.5. The average Bonchev–Trinajstić information content (AvgIpc) is 2.53. The van der Waals surface area contributed by atoms with Crippen molar-refractivity contribution in [2.45, 2.75) is 32.3 Å². The van der Waals surface area contributed by atoms with Gasteiger partial charge in [-0.3, -0.25) is 4.79 Å². The van der Waals surface area contributed by atoms with Crippen molar-refractivity contribution in [1.29, 1.82) is 0 Å². The second-order valence-corrected chi connectivity index (χ2v) is 5.29. The molecule has 2 unspecified atom stereocenters. The van der Waals surface area contributed by atoms with Crippen LogP contribution in [0.3, 0.4) is 0 Å². The first kappa shape index (κ1) is 19.7.